The van der Waals surface area contributed by atoms with Crippen LogP contribution in [0, 0.1) is 0 Å². The average molecular weight is 475 g/mol. The molecule has 9 nitrogen and oxygen atoms in total. The van der Waals surface area contributed by atoms with Gasteiger partial charge in [-0.15, -0.1) is 0 Å². The van der Waals surface area contributed by atoms with Crippen molar-refractivity contribution in [3.63, 3.8) is 0 Å². The third kappa shape index (κ3) is 9.23. The molecule has 0 bridgehead atoms. The fourth-order valence-corrected chi connectivity index (χ4v) is 2.82. The van der Waals surface area contributed by atoms with E-state index in [1.54, 1.807) is 51.7 Å². The van der Waals surface area contributed by atoms with Crippen LogP contribution in [0.1, 0.15) is 11.1 Å². The molecule has 2 aromatic carbocycles. The Hall–Kier alpha value is -2.66. The third-order valence-corrected chi connectivity index (χ3v) is 4.31. The fraction of sp³-hybridized carbons (Fsp3) is 0.238. The maximum atomic E-state index is 10.5. The number of ether oxygens (including phenoxy) is 4. The van der Waals surface area contributed by atoms with Crippen LogP contribution in [-0.4, -0.2) is 89.4 Å². The van der Waals surface area contributed by atoms with E-state index in [4.69, 9.17) is 24.1 Å². The summed E-state index contributed by atoms with van der Waals surface area (Å²) in [4.78, 5) is 10.4. The van der Waals surface area contributed by atoms with Gasteiger partial charge in [-0.05, 0) is 17.7 Å². The van der Waals surface area contributed by atoms with Gasteiger partial charge in [-0.1, -0.05) is 18.7 Å². The quantitative estimate of drug-likeness (QED) is 0.414. The van der Waals surface area contributed by atoms with Gasteiger partial charge in [-0.2, -0.15) is 8.42 Å². The number of hydrogen-bond donors (Lipinski definition) is 2. The molecular formula is C21H26NNaO8S. The van der Waals surface area contributed by atoms with Gasteiger partial charge in [-0.3, -0.25) is 4.79 Å². The van der Waals surface area contributed by atoms with Crippen molar-refractivity contribution in [2.75, 3.05) is 40.3 Å². The number of carbonyl (C=O) groups is 1. The number of anilines is 1. The average Bonchev–Trinajstić information content (AvgIpc) is 2.76. The molecule has 32 heavy (non-hydrogen) atoms. The van der Waals surface area contributed by atoms with Crippen LogP contribution in [0.5, 0.6) is 23.0 Å². The number of benzene rings is 2. The summed E-state index contributed by atoms with van der Waals surface area (Å²) in [6, 6.07) is 8.19. The van der Waals surface area contributed by atoms with E-state index in [0.717, 1.165) is 10.9 Å². The van der Waals surface area contributed by atoms with Gasteiger partial charge in [0.25, 0.3) is 0 Å². The van der Waals surface area contributed by atoms with Crippen LogP contribution in [-0.2, 0) is 15.1 Å². The van der Waals surface area contributed by atoms with Crippen molar-refractivity contribution in [2.45, 2.75) is 0 Å². The maximum absolute atomic E-state index is 10.5. The van der Waals surface area contributed by atoms with Crippen LogP contribution in [0.3, 0.4) is 0 Å². The molecule has 170 valence electrons. The van der Waals surface area contributed by atoms with Gasteiger partial charge >= 0.3 is 35.5 Å². The minimum absolute atomic E-state index is 0. The van der Waals surface area contributed by atoms with Crippen LogP contribution in [0.2, 0.25) is 0 Å². The van der Waals surface area contributed by atoms with Gasteiger partial charge in [0.2, 0.25) is 10.3 Å². The summed E-state index contributed by atoms with van der Waals surface area (Å²) < 4.78 is 41.5. The van der Waals surface area contributed by atoms with E-state index in [0.29, 0.717) is 34.2 Å². The Kier molecular flexibility index (Phi) is 13.9. The van der Waals surface area contributed by atoms with E-state index in [1.165, 1.54) is 13.2 Å². The Balaban J connectivity index is 0.000000592. The van der Waals surface area contributed by atoms with Crippen molar-refractivity contribution >= 4 is 63.0 Å². The molecule has 11 heteroatoms. The number of methoxy groups -OCH3 is 4. The molecular weight excluding hydrogens is 449 g/mol. The van der Waals surface area contributed by atoms with Crippen LogP contribution in [0.4, 0.5) is 5.69 Å². The first-order valence-corrected chi connectivity index (χ1v) is 9.92. The van der Waals surface area contributed by atoms with Gasteiger partial charge in [0.15, 0.2) is 0 Å². The predicted molar refractivity (Wildman–Crippen MR) is 127 cm³/mol. The molecule has 2 rings (SSSR count). The number of aliphatic carboxylic acids is 1. The van der Waals surface area contributed by atoms with E-state index in [2.05, 4.69) is 11.9 Å². The van der Waals surface area contributed by atoms with E-state index in [-0.39, 0.29) is 36.1 Å². The molecule has 0 unspecified atom stereocenters. The van der Waals surface area contributed by atoms with Gasteiger partial charge in [0.1, 0.15) is 29.5 Å². The Morgan fingerprint density at radius 3 is 1.97 bits per heavy atom. The van der Waals surface area contributed by atoms with E-state index in [9.17, 15) is 13.2 Å². The Labute approximate surface area is 210 Å². The molecule has 0 saturated heterocycles. The standard InChI is InChI=1S/C11H14O3.C10H11NO5S.Na.H/c1-5-9-10(13-3)6-8(12-2)7-11(9)14-4;1-16-9-3-2-7(6-17(14)15)4-8(9)11-5-10(12)13;;/h5-7H,1H2,2-4H3;2-4,6,11H,5H2,1H3,(H,12,13);;. The minimum atomic E-state index is -2.31. The first-order valence-electron chi connectivity index (χ1n) is 8.78. The molecule has 2 aromatic rings. The molecule has 2 N–H and O–H groups in total. The molecule has 0 heterocycles. The summed E-state index contributed by atoms with van der Waals surface area (Å²) in [5.41, 5.74) is 1.69. The molecule has 0 aliphatic rings. The van der Waals surface area contributed by atoms with Crippen molar-refractivity contribution in [2.24, 2.45) is 0 Å². The molecule has 0 amide bonds. The summed E-state index contributed by atoms with van der Waals surface area (Å²) in [6.07, 6.45) is 1.69. The zero-order chi connectivity index (χ0) is 23.4. The van der Waals surface area contributed by atoms with Crippen molar-refractivity contribution in [1.82, 2.24) is 0 Å². The summed E-state index contributed by atoms with van der Waals surface area (Å²) in [6.45, 7) is 3.43. The topological polar surface area (TPSA) is 120 Å². The number of hydrogen-bond acceptors (Lipinski definition) is 8. The monoisotopic (exact) mass is 475 g/mol. The predicted octanol–water partition coefficient (Wildman–Crippen LogP) is 1.93. The van der Waals surface area contributed by atoms with Crippen molar-refractivity contribution in [3.05, 3.63) is 48.0 Å². The zero-order valence-electron chi connectivity index (χ0n) is 17.7. The second-order valence-electron chi connectivity index (χ2n) is 5.74. The Bertz CT molecular complexity index is 1020. The number of carboxylic acid groups (broad SMARTS) is 1. The summed E-state index contributed by atoms with van der Waals surface area (Å²) in [5.74, 6) is 1.51. The van der Waals surface area contributed by atoms with Crippen LogP contribution >= 0.6 is 0 Å². The summed E-state index contributed by atoms with van der Waals surface area (Å²) in [7, 11) is 3.93. The second-order valence-corrected chi connectivity index (χ2v) is 6.49. The van der Waals surface area contributed by atoms with Gasteiger partial charge in [0, 0.05) is 12.1 Å². The van der Waals surface area contributed by atoms with Crippen molar-refractivity contribution < 1.29 is 37.3 Å². The number of nitrogens with one attached hydrogen (secondary N) is 1. The molecule has 0 atom stereocenters. The second kappa shape index (κ2) is 15.2. The van der Waals surface area contributed by atoms with Crippen molar-refractivity contribution in [1.29, 1.82) is 0 Å². The molecule has 0 radical (unpaired) electrons. The molecule has 0 aromatic heterocycles. The number of carboxylic acids is 1. The molecule has 0 spiro atoms. The van der Waals surface area contributed by atoms with E-state index in [1.807, 2.05) is 0 Å². The van der Waals surface area contributed by atoms with Crippen LogP contribution < -0.4 is 24.3 Å². The summed E-state index contributed by atoms with van der Waals surface area (Å²) >= 11 is 0. The van der Waals surface area contributed by atoms with E-state index < -0.39 is 16.3 Å². The van der Waals surface area contributed by atoms with Gasteiger partial charge in [-0.25, -0.2) is 0 Å². The zero-order valence-corrected chi connectivity index (χ0v) is 18.5. The summed E-state index contributed by atoms with van der Waals surface area (Å²) in [5, 5.41) is 12.2. The Morgan fingerprint density at radius 2 is 1.56 bits per heavy atom. The molecule has 0 aliphatic carbocycles. The van der Waals surface area contributed by atoms with Gasteiger partial charge < -0.3 is 29.4 Å². The van der Waals surface area contributed by atoms with E-state index >= 15 is 0 Å². The SMILES string of the molecule is C=Cc1c(OC)cc(OC)cc1OC.COc1ccc(C=S(=O)=O)cc1NCC(=O)O.[NaH]. The van der Waals surface area contributed by atoms with Crippen LogP contribution in [0.25, 0.3) is 6.08 Å². The van der Waals surface area contributed by atoms with Crippen LogP contribution in [0.15, 0.2) is 36.9 Å². The molecule has 0 aliphatic heterocycles. The van der Waals surface area contributed by atoms with Crippen molar-refractivity contribution in [3.8, 4) is 23.0 Å². The van der Waals surface area contributed by atoms with Gasteiger partial charge in [0.05, 0.1) is 45.1 Å². The third-order valence-electron chi connectivity index (χ3n) is 3.84. The number of rotatable bonds is 9. The first-order chi connectivity index (χ1) is 14.8. The molecule has 0 saturated carbocycles. The normalized spacial score (nSPS) is 9.12. The Morgan fingerprint density at radius 1 is 1.00 bits per heavy atom. The fourth-order valence-electron chi connectivity index (χ4n) is 2.45. The first kappa shape index (κ1) is 29.3. The molecule has 0 fully saturated rings.